The van der Waals surface area contributed by atoms with Gasteiger partial charge in [-0.1, -0.05) is 0 Å². The summed E-state index contributed by atoms with van der Waals surface area (Å²) in [7, 11) is 0. The number of hydrogen-bond donors (Lipinski definition) is 1. The molecule has 0 saturated heterocycles. The van der Waals surface area contributed by atoms with Crippen LogP contribution in [0.25, 0.3) is 0 Å². The number of aromatic nitrogens is 2. The fraction of sp³-hybridized carbons (Fsp3) is 0.250. The first-order chi connectivity index (χ1) is 9.08. The van der Waals surface area contributed by atoms with Gasteiger partial charge in [0.15, 0.2) is 0 Å². The molecule has 1 aromatic carbocycles. The first kappa shape index (κ1) is 13.0. The van der Waals surface area contributed by atoms with Crippen LogP contribution in [0.4, 0.5) is 15.8 Å². The molecule has 1 aromatic heterocycles. The molecule has 0 unspecified atom stereocenters. The summed E-state index contributed by atoms with van der Waals surface area (Å²) in [6, 6.07) is 3.41. The van der Waals surface area contributed by atoms with Crippen molar-refractivity contribution in [1.29, 1.82) is 0 Å². The summed E-state index contributed by atoms with van der Waals surface area (Å²) in [6.45, 7) is 3.17. The molecule has 0 bridgehead atoms. The molecule has 0 atom stereocenters. The van der Waals surface area contributed by atoms with Crippen LogP contribution in [0.15, 0.2) is 30.6 Å². The number of nitro groups is 1. The van der Waals surface area contributed by atoms with Crippen LogP contribution in [0.5, 0.6) is 0 Å². The standard InChI is InChI=1S/C12H13FN4O2/c1-2-16-8-9(7-15-16)6-14-11-3-10(13)4-12(5-11)17(18)19/h3-5,7-8,14H,2,6H2,1H3. The van der Waals surface area contributed by atoms with Gasteiger partial charge in [0.25, 0.3) is 5.69 Å². The summed E-state index contributed by atoms with van der Waals surface area (Å²) in [5.74, 6) is -0.638. The van der Waals surface area contributed by atoms with Gasteiger partial charge in [0.2, 0.25) is 0 Å². The average molecular weight is 264 g/mol. The molecular weight excluding hydrogens is 251 g/mol. The number of nitrogens with one attached hydrogen (secondary N) is 1. The number of nitro benzene ring substituents is 1. The molecule has 19 heavy (non-hydrogen) atoms. The molecule has 0 aliphatic rings. The van der Waals surface area contributed by atoms with Gasteiger partial charge in [-0.25, -0.2) is 4.39 Å². The van der Waals surface area contributed by atoms with Gasteiger partial charge in [-0.15, -0.1) is 0 Å². The van der Waals surface area contributed by atoms with E-state index in [0.29, 0.717) is 12.2 Å². The zero-order valence-electron chi connectivity index (χ0n) is 10.3. The molecule has 6 nitrogen and oxygen atoms in total. The molecule has 2 rings (SSSR count). The van der Waals surface area contributed by atoms with E-state index >= 15 is 0 Å². The summed E-state index contributed by atoms with van der Waals surface area (Å²) in [6.07, 6.45) is 3.56. The summed E-state index contributed by atoms with van der Waals surface area (Å²) in [5, 5.41) is 17.7. The summed E-state index contributed by atoms with van der Waals surface area (Å²) >= 11 is 0. The highest BCUT2D eigenvalue weighted by molar-refractivity contribution is 5.51. The molecule has 2 aromatic rings. The third-order valence-electron chi connectivity index (χ3n) is 2.60. The lowest BCUT2D eigenvalue weighted by Crippen LogP contribution is -2.00. The van der Waals surface area contributed by atoms with Gasteiger partial charge in [0.1, 0.15) is 5.82 Å². The average Bonchev–Trinajstić information content (AvgIpc) is 2.83. The highest BCUT2D eigenvalue weighted by Crippen LogP contribution is 2.20. The molecule has 1 heterocycles. The van der Waals surface area contributed by atoms with E-state index < -0.39 is 10.7 Å². The van der Waals surface area contributed by atoms with E-state index in [9.17, 15) is 14.5 Å². The molecule has 0 saturated carbocycles. The Kier molecular flexibility index (Phi) is 3.74. The Morgan fingerprint density at radius 3 is 2.89 bits per heavy atom. The van der Waals surface area contributed by atoms with E-state index in [-0.39, 0.29) is 5.69 Å². The normalized spacial score (nSPS) is 10.4. The van der Waals surface area contributed by atoms with E-state index in [1.165, 1.54) is 12.1 Å². The lowest BCUT2D eigenvalue weighted by Gasteiger charge is -2.04. The second-order valence-corrected chi connectivity index (χ2v) is 4.01. The molecule has 0 amide bonds. The van der Waals surface area contributed by atoms with Crippen LogP contribution in [0.2, 0.25) is 0 Å². The minimum Gasteiger partial charge on any atom is -0.381 e. The highest BCUT2D eigenvalue weighted by atomic mass is 19.1. The molecule has 0 aliphatic carbocycles. The number of anilines is 1. The van der Waals surface area contributed by atoms with Gasteiger partial charge < -0.3 is 5.32 Å². The molecule has 7 heteroatoms. The number of non-ortho nitro benzene ring substituents is 1. The maximum absolute atomic E-state index is 13.2. The molecule has 100 valence electrons. The van der Waals surface area contributed by atoms with E-state index in [4.69, 9.17) is 0 Å². The van der Waals surface area contributed by atoms with E-state index in [1.54, 1.807) is 10.9 Å². The molecular formula is C12H13FN4O2. The van der Waals surface area contributed by atoms with Crippen molar-refractivity contribution in [3.05, 3.63) is 52.1 Å². The zero-order chi connectivity index (χ0) is 13.8. The SMILES string of the molecule is CCn1cc(CNc2cc(F)cc([N+](=O)[O-])c2)cn1. The van der Waals surface area contributed by atoms with Crippen LogP contribution >= 0.6 is 0 Å². The topological polar surface area (TPSA) is 73.0 Å². The third kappa shape index (κ3) is 3.27. The number of rotatable bonds is 5. The van der Waals surface area contributed by atoms with Crippen LogP contribution in [0, 0.1) is 15.9 Å². The van der Waals surface area contributed by atoms with Crippen molar-refractivity contribution in [3.63, 3.8) is 0 Å². The Balaban J connectivity index is 2.08. The quantitative estimate of drug-likeness (QED) is 0.665. The van der Waals surface area contributed by atoms with Gasteiger partial charge in [0, 0.05) is 36.6 Å². The summed E-state index contributed by atoms with van der Waals surface area (Å²) < 4.78 is 15.0. The van der Waals surface area contributed by atoms with Gasteiger partial charge in [-0.05, 0) is 13.0 Å². The van der Waals surface area contributed by atoms with Gasteiger partial charge >= 0.3 is 0 Å². The van der Waals surface area contributed by atoms with Crippen molar-refractivity contribution in [3.8, 4) is 0 Å². The van der Waals surface area contributed by atoms with E-state index in [1.807, 2.05) is 13.1 Å². The fourth-order valence-corrected chi connectivity index (χ4v) is 1.66. The van der Waals surface area contributed by atoms with Crippen molar-refractivity contribution in [1.82, 2.24) is 9.78 Å². The molecule has 0 spiro atoms. The summed E-state index contributed by atoms with van der Waals surface area (Å²) in [4.78, 5) is 10.00. The highest BCUT2D eigenvalue weighted by Gasteiger charge is 2.09. The van der Waals surface area contributed by atoms with Crippen molar-refractivity contribution < 1.29 is 9.31 Å². The molecule has 0 radical (unpaired) electrons. The van der Waals surface area contributed by atoms with Crippen molar-refractivity contribution >= 4 is 11.4 Å². The molecule has 0 aliphatic heterocycles. The van der Waals surface area contributed by atoms with Crippen molar-refractivity contribution in [2.24, 2.45) is 0 Å². The first-order valence-electron chi connectivity index (χ1n) is 5.78. The number of aryl methyl sites for hydroxylation is 1. The number of benzene rings is 1. The van der Waals surface area contributed by atoms with Crippen LogP contribution in [0.1, 0.15) is 12.5 Å². The number of hydrogen-bond acceptors (Lipinski definition) is 4. The van der Waals surface area contributed by atoms with Crippen LogP contribution in [-0.4, -0.2) is 14.7 Å². The Hall–Kier alpha value is -2.44. The second kappa shape index (κ2) is 5.47. The predicted octanol–water partition coefficient (Wildman–Crippen LogP) is 2.56. The van der Waals surface area contributed by atoms with Gasteiger partial charge in [-0.2, -0.15) is 5.10 Å². The van der Waals surface area contributed by atoms with Gasteiger partial charge in [0.05, 0.1) is 17.2 Å². The number of halogens is 1. The van der Waals surface area contributed by atoms with Crippen molar-refractivity contribution in [2.45, 2.75) is 20.0 Å². The van der Waals surface area contributed by atoms with E-state index in [2.05, 4.69) is 10.4 Å². The monoisotopic (exact) mass is 264 g/mol. The fourth-order valence-electron chi connectivity index (χ4n) is 1.66. The van der Waals surface area contributed by atoms with E-state index in [0.717, 1.165) is 18.2 Å². The largest absolute Gasteiger partial charge is 0.381 e. The third-order valence-corrected chi connectivity index (χ3v) is 2.60. The molecule has 1 N–H and O–H groups in total. The minimum absolute atomic E-state index is 0.272. The lowest BCUT2D eigenvalue weighted by molar-refractivity contribution is -0.385. The minimum atomic E-state index is -0.638. The lowest BCUT2D eigenvalue weighted by atomic mass is 10.2. The maximum atomic E-state index is 13.2. The Labute approximate surface area is 109 Å². The predicted molar refractivity (Wildman–Crippen MR) is 68.3 cm³/mol. The van der Waals surface area contributed by atoms with Gasteiger partial charge in [-0.3, -0.25) is 14.8 Å². The second-order valence-electron chi connectivity index (χ2n) is 4.01. The van der Waals surface area contributed by atoms with Crippen LogP contribution in [0.3, 0.4) is 0 Å². The smallest absolute Gasteiger partial charge is 0.274 e. The Bertz CT molecular complexity index is 597. The van der Waals surface area contributed by atoms with Crippen molar-refractivity contribution in [2.75, 3.05) is 5.32 Å². The summed E-state index contributed by atoms with van der Waals surface area (Å²) in [5.41, 5.74) is 1.02. The molecule has 0 fully saturated rings. The van der Waals surface area contributed by atoms with Crippen LogP contribution < -0.4 is 5.32 Å². The Morgan fingerprint density at radius 2 is 2.26 bits per heavy atom. The maximum Gasteiger partial charge on any atom is 0.274 e. The number of nitrogens with zero attached hydrogens (tertiary/aromatic N) is 3. The zero-order valence-corrected chi connectivity index (χ0v) is 10.3. The van der Waals surface area contributed by atoms with Crippen LogP contribution in [-0.2, 0) is 13.1 Å². The first-order valence-corrected chi connectivity index (χ1v) is 5.78. The Morgan fingerprint density at radius 1 is 1.47 bits per heavy atom.